The van der Waals surface area contributed by atoms with E-state index in [0.717, 1.165) is 5.56 Å². The normalized spacial score (nSPS) is 11.2. The van der Waals surface area contributed by atoms with Crippen molar-refractivity contribution in [1.82, 2.24) is 0 Å². The molecule has 3 nitrogen and oxygen atoms in total. The number of hydrogen-bond acceptors (Lipinski definition) is 3. The molecule has 1 aromatic rings. The van der Waals surface area contributed by atoms with Gasteiger partial charge in [0, 0.05) is 0 Å². The van der Waals surface area contributed by atoms with Gasteiger partial charge in [-0.1, -0.05) is 38.5 Å². The van der Waals surface area contributed by atoms with Gasteiger partial charge >= 0.3 is 5.97 Å². The number of carbonyl (C=O) groups excluding carboxylic acids is 1. The predicted octanol–water partition coefficient (Wildman–Crippen LogP) is 3.13. The second-order valence-electron chi connectivity index (χ2n) is 5.06. The van der Waals surface area contributed by atoms with Gasteiger partial charge in [-0.25, -0.2) is 4.79 Å². The zero-order valence-corrected chi connectivity index (χ0v) is 10.2. The molecule has 0 saturated heterocycles. The number of benzene rings is 1. The molecular formula is C13H18O3. The lowest BCUT2D eigenvalue weighted by Gasteiger charge is -2.16. The second-order valence-corrected chi connectivity index (χ2v) is 5.06. The zero-order valence-electron chi connectivity index (χ0n) is 10.2. The summed E-state index contributed by atoms with van der Waals surface area (Å²) in [5.74, 6) is -0.454. The number of rotatable bonds is 3. The Hall–Kier alpha value is -1.35. The fourth-order valence-electron chi connectivity index (χ4n) is 0.998. The van der Waals surface area contributed by atoms with Gasteiger partial charge in [0.25, 0.3) is 0 Å². The van der Waals surface area contributed by atoms with Gasteiger partial charge in [0.1, 0.15) is 0 Å². The van der Waals surface area contributed by atoms with E-state index in [9.17, 15) is 4.79 Å². The molecule has 0 aliphatic heterocycles. The van der Waals surface area contributed by atoms with Crippen molar-refractivity contribution in [2.45, 2.75) is 27.7 Å². The van der Waals surface area contributed by atoms with Crippen LogP contribution in [0.5, 0.6) is 0 Å². The maximum Gasteiger partial charge on any atom is 0.373 e. The zero-order chi connectivity index (χ0) is 12.2. The van der Waals surface area contributed by atoms with E-state index in [4.69, 9.17) is 9.78 Å². The van der Waals surface area contributed by atoms with Crippen molar-refractivity contribution in [3.63, 3.8) is 0 Å². The summed E-state index contributed by atoms with van der Waals surface area (Å²) < 4.78 is 0. The van der Waals surface area contributed by atoms with Crippen molar-refractivity contribution < 1.29 is 14.6 Å². The summed E-state index contributed by atoms with van der Waals surface area (Å²) in [7, 11) is 0. The van der Waals surface area contributed by atoms with Gasteiger partial charge in [0.05, 0.1) is 12.2 Å². The van der Waals surface area contributed by atoms with Crippen LogP contribution in [0, 0.1) is 12.3 Å². The topological polar surface area (TPSA) is 35.5 Å². The third-order valence-electron chi connectivity index (χ3n) is 1.91. The Balaban J connectivity index is 2.44. The molecule has 1 rings (SSSR count). The third kappa shape index (κ3) is 4.45. The highest BCUT2D eigenvalue weighted by Crippen LogP contribution is 2.13. The van der Waals surface area contributed by atoms with Gasteiger partial charge in [0.2, 0.25) is 0 Å². The number of aryl methyl sites for hydroxylation is 1. The van der Waals surface area contributed by atoms with Crippen LogP contribution in [-0.2, 0) is 9.78 Å². The summed E-state index contributed by atoms with van der Waals surface area (Å²) in [6.45, 7) is 8.36. The SMILES string of the molecule is Cc1ccc(C(=O)OOCC(C)(C)C)cc1. The quantitative estimate of drug-likeness (QED) is 0.582. The molecule has 0 radical (unpaired) electrons. The molecule has 0 bridgehead atoms. The minimum atomic E-state index is -0.454. The largest absolute Gasteiger partial charge is 0.373 e. The number of hydrogen-bond donors (Lipinski definition) is 0. The highest BCUT2D eigenvalue weighted by atomic mass is 17.2. The van der Waals surface area contributed by atoms with Crippen molar-refractivity contribution in [2.24, 2.45) is 5.41 Å². The minimum Gasteiger partial charge on any atom is -0.293 e. The Morgan fingerprint density at radius 1 is 1.19 bits per heavy atom. The van der Waals surface area contributed by atoms with E-state index in [1.165, 1.54) is 0 Å². The Kier molecular flexibility index (Phi) is 4.07. The predicted molar refractivity (Wildman–Crippen MR) is 62.0 cm³/mol. The van der Waals surface area contributed by atoms with E-state index in [2.05, 4.69) is 0 Å². The van der Waals surface area contributed by atoms with Crippen molar-refractivity contribution in [1.29, 1.82) is 0 Å². The van der Waals surface area contributed by atoms with Crippen molar-refractivity contribution in [3.05, 3.63) is 35.4 Å². The first-order valence-corrected chi connectivity index (χ1v) is 5.29. The first-order chi connectivity index (χ1) is 7.38. The summed E-state index contributed by atoms with van der Waals surface area (Å²) in [5, 5.41) is 0. The highest BCUT2D eigenvalue weighted by Gasteiger charge is 2.13. The molecule has 16 heavy (non-hydrogen) atoms. The molecule has 0 aliphatic carbocycles. The average Bonchev–Trinajstić information content (AvgIpc) is 2.16. The van der Waals surface area contributed by atoms with Crippen LogP contribution in [0.2, 0.25) is 0 Å². The highest BCUT2D eigenvalue weighted by molar-refractivity contribution is 5.88. The molecule has 0 spiro atoms. The Morgan fingerprint density at radius 2 is 1.75 bits per heavy atom. The monoisotopic (exact) mass is 222 g/mol. The van der Waals surface area contributed by atoms with E-state index in [1.54, 1.807) is 12.1 Å². The van der Waals surface area contributed by atoms with E-state index < -0.39 is 5.97 Å². The Labute approximate surface area is 96.3 Å². The van der Waals surface area contributed by atoms with Crippen molar-refractivity contribution in [3.8, 4) is 0 Å². The van der Waals surface area contributed by atoms with Crippen LogP contribution in [0.4, 0.5) is 0 Å². The molecule has 0 aromatic heterocycles. The van der Waals surface area contributed by atoms with E-state index >= 15 is 0 Å². The summed E-state index contributed by atoms with van der Waals surface area (Å²) in [4.78, 5) is 21.1. The van der Waals surface area contributed by atoms with Gasteiger partial charge < -0.3 is 0 Å². The van der Waals surface area contributed by atoms with Crippen LogP contribution in [-0.4, -0.2) is 12.6 Å². The van der Waals surface area contributed by atoms with E-state index in [1.807, 2.05) is 39.8 Å². The van der Waals surface area contributed by atoms with Crippen LogP contribution in [0.15, 0.2) is 24.3 Å². The number of carbonyl (C=O) groups is 1. The maximum atomic E-state index is 11.5. The fourth-order valence-corrected chi connectivity index (χ4v) is 0.998. The second kappa shape index (κ2) is 5.12. The lowest BCUT2D eigenvalue weighted by molar-refractivity contribution is -0.255. The average molecular weight is 222 g/mol. The lowest BCUT2D eigenvalue weighted by atomic mass is 9.99. The van der Waals surface area contributed by atoms with Crippen LogP contribution >= 0.6 is 0 Å². The van der Waals surface area contributed by atoms with E-state index in [0.29, 0.717) is 12.2 Å². The van der Waals surface area contributed by atoms with Gasteiger partial charge in [0.15, 0.2) is 0 Å². The molecule has 3 heteroatoms. The first-order valence-electron chi connectivity index (χ1n) is 5.29. The van der Waals surface area contributed by atoms with Crippen molar-refractivity contribution in [2.75, 3.05) is 6.61 Å². The standard InChI is InChI=1S/C13H18O3/c1-10-5-7-11(8-6-10)12(14)16-15-9-13(2,3)4/h5-8H,9H2,1-4H3. The molecule has 0 heterocycles. The van der Waals surface area contributed by atoms with Gasteiger partial charge in [-0.15, -0.1) is 0 Å². The maximum absolute atomic E-state index is 11.5. The van der Waals surface area contributed by atoms with Crippen LogP contribution in [0.1, 0.15) is 36.7 Å². The smallest absolute Gasteiger partial charge is 0.293 e. The molecule has 0 unspecified atom stereocenters. The van der Waals surface area contributed by atoms with Crippen LogP contribution in [0.25, 0.3) is 0 Å². The molecule has 0 amide bonds. The van der Waals surface area contributed by atoms with Crippen LogP contribution in [0.3, 0.4) is 0 Å². The van der Waals surface area contributed by atoms with Gasteiger partial charge in [-0.3, -0.25) is 4.89 Å². The molecule has 1 aromatic carbocycles. The van der Waals surface area contributed by atoms with Gasteiger partial charge in [-0.05, 0) is 24.5 Å². The molecule has 0 N–H and O–H groups in total. The summed E-state index contributed by atoms with van der Waals surface area (Å²) in [5.41, 5.74) is 1.58. The fraction of sp³-hybridized carbons (Fsp3) is 0.462. The summed E-state index contributed by atoms with van der Waals surface area (Å²) >= 11 is 0. The van der Waals surface area contributed by atoms with Gasteiger partial charge in [-0.2, -0.15) is 4.89 Å². The first kappa shape index (κ1) is 12.7. The Bertz CT molecular complexity index is 346. The third-order valence-corrected chi connectivity index (χ3v) is 1.91. The summed E-state index contributed by atoms with van der Waals surface area (Å²) in [6, 6.07) is 7.16. The molecule has 88 valence electrons. The van der Waals surface area contributed by atoms with Crippen LogP contribution < -0.4 is 0 Å². The molecule has 0 fully saturated rings. The minimum absolute atomic E-state index is 0.0203. The molecule has 0 saturated carbocycles. The summed E-state index contributed by atoms with van der Waals surface area (Å²) in [6.07, 6.45) is 0. The Morgan fingerprint density at radius 3 is 2.25 bits per heavy atom. The molecular weight excluding hydrogens is 204 g/mol. The lowest BCUT2D eigenvalue weighted by Crippen LogP contribution is -2.17. The molecule has 0 aliphatic rings. The van der Waals surface area contributed by atoms with E-state index in [-0.39, 0.29) is 5.41 Å². The molecule has 0 atom stereocenters. The van der Waals surface area contributed by atoms with Crippen molar-refractivity contribution >= 4 is 5.97 Å².